The van der Waals surface area contributed by atoms with E-state index in [4.69, 9.17) is 0 Å². The van der Waals surface area contributed by atoms with E-state index in [1.54, 1.807) is 0 Å². The maximum Gasteiger partial charge on any atom is 0.290 e. The van der Waals surface area contributed by atoms with Crippen LogP contribution in [0.5, 0.6) is 0 Å². The molecule has 0 saturated carbocycles. The molecule has 1 amide bonds. The molecule has 0 aliphatic carbocycles. The lowest BCUT2D eigenvalue weighted by atomic mass is 10.2. The highest BCUT2D eigenvalue weighted by Gasteiger charge is 2.40. The van der Waals surface area contributed by atoms with Crippen molar-refractivity contribution in [2.45, 2.75) is 53.4 Å². The second kappa shape index (κ2) is 9.90. The van der Waals surface area contributed by atoms with Gasteiger partial charge in [0.1, 0.15) is 0 Å². The third-order valence-electron chi connectivity index (χ3n) is 5.01. The molecule has 0 N–H and O–H groups in total. The van der Waals surface area contributed by atoms with E-state index in [1.165, 1.54) is 0 Å². The van der Waals surface area contributed by atoms with Crippen LogP contribution in [0.25, 0.3) is 0 Å². The smallest absolute Gasteiger partial charge is 0.290 e. The zero-order valence-corrected chi connectivity index (χ0v) is 18.0. The second-order valence-electron chi connectivity index (χ2n) is 7.16. The van der Waals surface area contributed by atoms with Crippen LogP contribution < -0.4 is 10.6 Å². The number of rotatable bonds is 9. The zero-order chi connectivity index (χ0) is 19.9. The Balaban J connectivity index is 2.61. The Morgan fingerprint density at radius 2 is 1.22 bits per heavy atom. The zero-order valence-electron chi connectivity index (χ0n) is 17.1. The Kier molecular flexibility index (Phi) is 7.86. The van der Waals surface area contributed by atoms with Crippen molar-refractivity contribution in [1.82, 2.24) is 4.90 Å². The Hall–Kier alpha value is -1.86. The molecule has 0 atom stereocenters. The molecule has 0 heterocycles. The van der Waals surface area contributed by atoms with Crippen molar-refractivity contribution < 1.29 is 9.36 Å². The van der Waals surface area contributed by atoms with Gasteiger partial charge in [-0.2, -0.15) is 0 Å². The third-order valence-corrected chi connectivity index (χ3v) is 8.19. The summed E-state index contributed by atoms with van der Waals surface area (Å²) in [7, 11) is -3.44. The molecule has 0 aromatic heterocycles. The van der Waals surface area contributed by atoms with Gasteiger partial charge in [0.2, 0.25) is 7.14 Å². The first-order chi connectivity index (χ1) is 13.0. The van der Waals surface area contributed by atoms with Gasteiger partial charge in [0.25, 0.3) is 5.65 Å². The maximum absolute atomic E-state index is 14.5. The molecular weight excluding hydrogens is 353 g/mol. The topological polar surface area (TPSA) is 37.4 Å². The first-order valence-electron chi connectivity index (χ1n) is 9.98. The van der Waals surface area contributed by atoms with Gasteiger partial charge in [-0.25, -0.2) is 0 Å². The summed E-state index contributed by atoms with van der Waals surface area (Å²) in [6.45, 7) is 9.44. The lowest BCUT2D eigenvalue weighted by molar-refractivity contribution is 0.219. The van der Waals surface area contributed by atoms with E-state index in [-0.39, 0.29) is 5.65 Å². The monoisotopic (exact) mass is 385 g/mol. The van der Waals surface area contributed by atoms with E-state index in [0.29, 0.717) is 23.7 Å². The van der Waals surface area contributed by atoms with Crippen LogP contribution in [0.3, 0.4) is 0 Å². The highest BCUT2D eigenvalue weighted by atomic mass is 31.2. The number of carbonyl (C=O) groups is 1. The van der Waals surface area contributed by atoms with E-state index in [9.17, 15) is 9.36 Å². The summed E-state index contributed by atoms with van der Waals surface area (Å²) in [6.07, 6.45) is 3.87. The molecule has 2 aromatic rings. The highest BCUT2D eigenvalue weighted by molar-refractivity contribution is 7.93. The average molecular weight is 385 g/mol. The molecule has 0 fully saturated rings. The summed E-state index contributed by atoms with van der Waals surface area (Å²) in [5.41, 5.74) is 1.60. The quantitative estimate of drug-likeness (QED) is 0.524. The van der Waals surface area contributed by atoms with Crippen molar-refractivity contribution in [1.29, 1.82) is 0 Å². The molecule has 0 saturated heterocycles. The number of hydrogen-bond acceptors (Lipinski definition) is 2. The van der Waals surface area contributed by atoms with Crippen molar-refractivity contribution >= 4 is 23.4 Å². The summed E-state index contributed by atoms with van der Waals surface area (Å²) >= 11 is 0. The summed E-state index contributed by atoms with van der Waals surface area (Å²) < 4.78 is 14.5. The van der Waals surface area contributed by atoms with Crippen LogP contribution in [0.15, 0.2) is 48.5 Å². The van der Waals surface area contributed by atoms with Gasteiger partial charge in [0.15, 0.2) is 0 Å². The van der Waals surface area contributed by atoms with Gasteiger partial charge >= 0.3 is 0 Å². The Bertz CT molecular complexity index is 758. The molecule has 0 bridgehead atoms. The molecule has 146 valence electrons. The minimum Gasteiger partial charge on any atom is -0.336 e. The normalized spacial score (nSPS) is 11.4. The molecule has 3 nitrogen and oxygen atoms in total. The highest BCUT2D eigenvalue weighted by Crippen LogP contribution is 2.48. The van der Waals surface area contributed by atoms with Gasteiger partial charge in [-0.15, -0.1) is 0 Å². The number of nitrogens with zero attached hydrogens (tertiary/aromatic N) is 1. The van der Waals surface area contributed by atoms with Crippen LogP contribution in [0, 0.1) is 13.8 Å². The lowest BCUT2D eigenvalue weighted by Crippen LogP contribution is -2.38. The first kappa shape index (κ1) is 21.4. The minimum atomic E-state index is -3.44. The predicted molar refractivity (Wildman–Crippen MR) is 116 cm³/mol. The average Bonchev–Trinajstić information content (AvgIpc) is 2.68. The van der Waals surface area contributed by atoms with Crippen LogP contribution in [-0.2, 0) is 4.57 Å². The Morgan fingerprint density at radius 3 is 1.59 bits per heavy atom. The number of amides is 1. The van der Waals surface area contributed by atoms with Gasteiger partial charge < -0.3 is 9.46 Å². The van der Waals surface area contributed by atoms with Gasteiger partial charge in [-0.3, -0.25) is 4.79 Å². The van der Waals surface area contributed by atoms with Gasteiger partial charge in [0.05, 0.1) is 0 Å². The fourth-order valence-corrected chi connectivity index (χ4v) is 6.37. The molecular formula is C23H32NO2P. The number of carbonyl (C=O) groups excluding carboxylic acids is 1. The number of aryl methyl sites for hydroxylation is 2. The van der Waals surface area contributed by atoms with Crippen molar-refractivity contribution in [2.24, 2.45) is 0 Å². The molecule has 0 spiro atoms. The fraction of sp³-hybridized carbons (Fsp3) is 0.435. The van der Waals surface area contributed by atoms with Gasteiger partial charge in [-0.05, 0) is 37.8 Å². The lowest BCUT2D eigenvalue weighted by Gasteiger charge is -2.29. The molecule has 0 radical (unpaired) electrons. The molecule has 0 unspecified atom stereocenters. The predicted octanol–water partition coefficient (Wildman–Crippen LogP) is 5.64. The van der Waals surface area contributed by atoms with E-state index in [1.807, 2.05) is 67.3 Å². The maximum atomic E-state index is 14.5. The standard InChI is InChI=1S/C23H32NO2P/c1-5-7-17-24(18-8-6-2)23(25)27(26,21-15-11-9-13-19(21)3)22-16-12-10-14-20(22)4/h9-16H,5-8,17-18H2,1-4H3. The van der Waals surface area contributed by atoms with Crippen LogP contribution in [0.4, 0.5) is 4.79 Å². The Labute approximate surface area is 164 Å². The van der Waals surface area contributed by atoms with Crippen molar-refractivity contribution in [3.8, 4) is 0 Å². The van der Waals surface area contributed by atoms with E-state index < -0.39 is 7.14 Å². The summed E-state index contributed by atoms with van der Waals surface area (Å²) in [5.74, 6) is 0. The number of unbranched alkanes of at least 4 members (excludes halogenated alkanes) is 2. The van der Waals surface area contributed by atoms with Gasteiger partial charge in [0, 0.05) is 23.7 Å². The SMILES string of the molecule is CCCCN(CCCC)C(=O)P(=O)(c1ccccc1C)c1ccccc1C. The van der Waals surface area contributed by atoms with Crippen LogP contribution in [-0.4, -0.2) is 23.6 Å². The fourth-order valence-electron chi connectivity index (χ4n) is 3.37. The summed E-state index contributed by atoms with van der Waals surface area (Å²) in [6, 6.07) is 15.2. The first-order valence-corrected chi connectivity index (χ1v) is 11.7. The molecule has 2 rings (SSSR count). The van der Waals surface area contributed by atoms with Crippen molar-refractivity contribution in [3.63, 3.8) is 0 Å². The van der Waals surface area contributed by atoms with Crippen molar-refractivity contribution in [2.75, 3.05) is 13.1 Å². The minimum absolute atomic E-state index is 0.215. The Morgan fingerprint density at radius 1 is 0.815 bits per heavy atom. The molecule has 0 aliphatic rings. The molecule has 27 heavy (non-hydrogen) atoms. The largest absolute Gasteiger partial charge is 0.336 e. The van der Waals surface area contributed by atoms with Crippen LogP contribution in [0.1, 0.15) is 50.7 Å². The molecule has 0 aliphatic heterocycles. The number of hydrogen-bond donors (Lipinski definition) is 0. The van der Waals surface area contributed by atoms with Crippen LogP contribution in [0.2, 0.25) is 0 Å². The molecule has 2 aromatic carbocycles. The summed E-state index contributed by atoms with van der Waals surface area (Å²) in [4.78, 5) is 15.6. The van der Waals surface area contributed by atoms with Crippen molar-refractivity contribution in [3.05, 3.63) is 59.7 Å². The third kappa shape index (κ3) is 4.71. The van der Waals surface area contributed by atoms with E-state index >= 15 is 0 Å². The second-order valence-corrected chi connectivity index (χ2v) is 9.72. The summed E-state index contributed by atoms with van der Waals surface area (Å²) in [5, 5.41) is 1.34. The van der Waals surface area contributed by atoms with E-state index in [2.05, 4.69) is 13.8 Å². The van der Waals surface area contributed by atoms with Crippen LogP contribution >= 0.6 is 7.14 Å². The number of benzene rings is 2. The van der Waals surface area contributed by atoms with E-state index in [0.717, 1.165) is 36.8 Å². The molecule has 4 heteroatoms. The van der Waals surface area contributed by atoms with Gasteiger partial charge in [-0.1, -0.05) is 75.2 Å².